The highest BCUT2D eigenvalue weighted by Crippen LogP contribution is 2.55. The van der Waals surface area contributed by atoms with Crippen molar-refractivity contribution in [2.24, 2.45) is 0 Å². The highest BCUT2D eigenvalue weighted by molar-refractivity contribution is 6.34. The van der Waals surface area contributed by atoms with Crippen LogP contribution < -0.4 is 9.47 Å². The van der Waals surface area contributed by atoms with Gasteiger partial charge in [-0.05, 0) is 72.9 Å². The largest absolute Gasteiger partial charge is 0.444 e. The van der Waals surface area contributed by atoms with Crippen molar-refractivity contribution in [2.45, 2.75) is 110 Å². The molecule has 1 heterocycles. The third-order valence-corrected chi connectivity index (χ3v) is 13.1. The van der Waals surface area contributed by atoms with Gasteiger partial charge in [0.15, 0.2) is 23.1 Å². The van der Waals surface area contributed by atoms with Crippen molar-refractivity contribution in [1.82, 2.24) is 0 Å². The van der Waals surface area contributed by atoms with E-state index in [-0.39, 0.29) is 23.1 Å². The molecule has 0 saturated heterocycles. The normalized spacial score (nSPS) is 15.1. The second kappa shape index (κ2) is 18.1. The van der Waals surface area contributed by atoms with Crippen molar-refractivity contribution in [2.75, 3.05) is 0 Å². The zero-order valence-electron chi connectivity index (χ0n) is 36.4. The Morgan fingerprint density at radius 3 is 1.21 bits per heavy atom. The number of allylic oxidation sites excluding steroid dienone is 4. The number of unbranched alkanes of at least 4 members (excludes halogenated alkanes) is 10. The minimum atomic E-state index is -1.53. The molecular weight excluding hydrogens is 781 g/mol. The topological polar surface area (TPSA) is 86.7 Å². The van der Waals surface area contributed by atoms with Crippen LogP contribution in [0.5, 0.6) is 11.5 Å². The van der Waals surface area contributed by atoms with Gasteiger partial charge in [-0.15, -0.1) is 0 Å². The average molecular weight is 835 g/mol. The Morgan fingerprint density at radius 2 is 0.794 bits per heavy atom. The van der Waals surface area contributed by atoms with E-state index in [1.165, 1.54) is 25.0 Å². The van der Waals surface area contributed by atoms with Crippen LogP contribution in [0.3, 0.4) is 0 Å². The second-order valence-corrected chi connectivity index (χ2v) is 17.4. The molecule has 63 heavy (non-hydrogen) atoms. The first-order valence-electron chi connectivity index (χ1n) is 23.1. The predicted octanol–water partition coefficient (Wildman–Crippen LogP) is 14.4. The minimum Gasteiger partial charge on any atom is -0.444 e. The summed E-state index contributed by atoms with van der Waals surface area (Å²) in [5.41, 5.74) is 4.85. The van der Waals surface area contributed by atoms with E-state index in [0.717, 1.165) is 86.1 Å². The van der Waals surface area contributed by atoms with Gasteiger partial charge >= 0.3 is 5.79 Å². The van der Waals surface area contributed by atoms with E-state index in [1.54, 1.807) is 12.1 Å². The number of benzene rings is 6. The van der Waals surface area contributed by atoms with Crippen molar-refractivity contribution in [3.63, 3.8) is 0 Å². The number of hydrogen-bond donors (Lipinski definition) is 0. The van der Waals surface area contributed by atoms with Crippen molar-refractivity contribution < 1.29 is 28.7 Å². The summed E-state index contributed by atoms with van der Waals surface area (Å²) >= 11 is 0. The molecule has 318 valence electrons. The van der Waals surface area contributed by atoms with Gasteiger partial charge in [0.1, 0.15) is 11.5 Å². The summed E-state index contributed by atoms with van der Waals surface area (Å²) in [4.78, 5) is 58.3. The Morgan fingerprint density at radius 1 is 0.413 bits per heavy atom. The lowest BCUT2D eigenvalue weighted by atomic mass is 9.79. The quantitative estimate of drug-likeness (QED) is 0.0903. The van der Waals surface area contributed by atoms with Gasteiger partial charge in [0, 0.05) is 66.4 Å². The number of carbonyl (C=O) groups is 4. The van der Waals surface area contributed by atoms with Crippen LogP contribution in [0, 0.1) is 0 Å². The van der Waals surface area contributed by atoms with E-state index in [2.05, 4.69) is 13.8 Å². The molecule has 9 rings (SSSR count). The minimum absolute atomic E-state index is 0.182. The van der Waals surface area contributed by atoms with Crippen LogP contribution in [-0.2, 0) is 5.79 Å². The molecule has 0 saturated carbocycles. The van der Waals surface area contributed by atoms with Crippen LogP contribution in [-0.4, -0.2) is 23.1 Å². The number of carbonyl (C=O) groups excluding carboxylic acids is 4. The maximum absolute atomic E-state index is 15.0. The Bertz CT molecular complexity index is 2630. The summed E-state index contributed by atoms with van der Waals surface area (Å²) in [6.07, 6.45) is 16.8. The molecule has 2 aliphatic carbocycles. The van der Waals surface area contributed by atoms with Gasteiger partial charge in [0.25, 0.3) is 0 Å². The molecule has 0 fully saturated rings. The van der Waals surface area contributed by atoms with Crippen LogP contribution in [0.1, 0.15) is 156 Å². The summed E-state index contributed by atoms with van der Waals surface area (Å²) in [6, 6.07) is 34.4. The SMILES string of the molecule is CCCCCCCCC1=CC(=O)c2ccc3ccc4c(c3c2C1=O)-c1c(ccc2ccc3c(c12)C(=O)C(CCCCCCCC)=CC3=O)OC(c1ccccc1)(c1ccccc1)O4. The third-order valence-electron chi connectivity index (χ3n) is 13.1. The van der Waals surface area contributed by atoms with Gasteiger partial charge in [-0.3, -0.25) is 19.2 Å². The molecule has 0 radical (unpaired) electrons. The highest BCUT2D eigenvalue weighted by Gasteiger charge is 2.45. The molecule has 0 amide bonds. The molecule has 0 unspecified atom stereocenters. The molecule has 0 bridgehead atoms. The zero-order chi connectivity index (χ0) is 43.5. The lowest BCUT2D eigenvalue weighted by Gasteiger charge is -2.34. The standard InChI is InChI=1S/C57H54O6/c1-3-5-7-9-11-15-21-39-35-45(58)43-31-27-37-29-33-47-53(49(37)51(43)55(39)60)54-48(63-57(62-47,41-23-17-13-18-24-41)42-25-19-14-20-26-42)34-30-38-28-32-44-46(59)36-40(56(61)52(44)50(38)54)22-16-12-10-8-6-4-2/h13-14,17-20,23-36H,3-12,15-16,21-22H2,1-2H3. The van der Waals surface area contributed by atoms with Crippen LogP contribution in [0.25, 0.3) is 32.7 Å². The lowest BCUT2D eigenvalue weighted by Crippen LogP contribution is -2.40. The van der Waals surface area contributed by atoms with Gasteiger partial charge in [-0.2, -0.15) is 0 Å². The maximum Gasteiger partial charge on any atom is 0.305 e. The lowest BCUT2D eigenvalue weighted by molar-refractivity contribution is -0.0811. The van der Waals surface area contributed by atoms with Gasteiger partial charge < -0.3 is 9.47 Å². The molecule has 0 aromatic heterocycles. The fourth-order valence-electron chi connectivity index (χ4n) is 9.88. The van der Waals surface area contributed by atoms with Crippen molar-refractivity contribution in [1.29, 1.82) is 0 Å². The van der Waals surface area contributed by atoms with Crippen LogP contribution in [0.4, 0.5) is 0 Å². The molecule has 0 spiro atoms. The van der Waals surface area contributed by atoms with Crippen LogP contribution in [0.2, 0.25) is 0 Å². The zero-order valence-corrected chi connectivity index (χ0v) is 36.4. The van der Waals surface area contributed by atoms with Crippen LogP contribution >= 0.6 is 0 Å². The smallest absolute Gasteiger partial charge is 0.305 e. The molecule has 6 nitrogen and oxygen atoms in total. The van der Waals surface area contributed by atoms with Gasteiger partial charge in [0.2, 0.25) is 0 Å². The Balaban J connectivity index is 1.30. The van der Waals surface area contributed by atoms with E-state index in [0.29, 0.717) is 79.6 Å². The molecule has 0 atom stereocenters. The van der Waals surface area contributed by atoms with E-state index >= 15 is 9.59 Å². The maximum atomic E-state index is 15.0. The number of Topliss-reactive ketones (excluding diaryl/α,β-unsaturated/α-hetero) is 2. The van der Waals surface area contributed by atoms with Gasteiger partial charge in [-0.25, -0.2) is 0 Å². The highest BCUT2D eigenvalue weighted by atomic mass is 16.7. The van der Waals surface area contributed by atoms with Crippen molar-refractivity contribution >= 4 is 44.7 Å². The number of fused-ring (bicyclic) bond motifs is 11. The summed E-state index contributed by atoms with van der Waals surface area (Å²) in [5.74, 6) is -1.48. The predicted molar refractivity (Wildman–Crippen MR) is 251 cm³/mol. The Kier molecular flexibility index (Phi) is 12.1. The molecule has 6 aromatic rings. The fourth-order valence-corrected chi connectivity index (χ4v) is 9.88. The van der Waals surface area contributed by atoms with E-state index < -0.39 is 5.79 Å². The molecule has 3 aliphatic rings. The van der Waals surface area contributed by atoms with Crippen molar-refractivity contribution in [3.8, 4) is 22.6 Å². The van der Waals surface area contributed by atoms with E-state index in [1.807, 2.05) is 97.1 Å². The third kappa shape index (κ3) is 7.75. The number of hydrogen-bond acceptors (Lipinski definition) is 6. The first-order chi connectivity index (χ1) is 30.8. The molecule has 6 heteroatoms. The average Bonchev–Trinajstić information content (AvgIpc) is 3.47. The van der Waals surface area contributed by atoms with Crippen molar-refractivity contribution in [3.05, 3.63) is 166 Å². The summed E-state index contributed by atoms with van der Waals surface area (Å²) in [5, 5.41) is 2.59. The number of ether oxygens (including phenoxy) is 2. The summed E-state index contributed by atoms with van der Waals surface area (Å²) in [6.45, 7) is 4.39. The first kappa shape index (κ1) is 41.9. The monoisotopic (exact) mass is 834 g/mol. The second-order valence-electron chi connectivity index (χ2n) is 17.4. The molecule has 0 N–H and O–H groups in total. The fraction of sp³-hybridized carbons (Fsp3) is 0.298. The Hall–Kier alpha value is -6.40. The summed E-state index contributed by atoms with van der Waals surface area (Å²) in [7, 11) is 0. The Labute approximate surface area is 370 Å². The van der Waals surface area contributed by atoms with Crippen LogP contribution in [0.15, 0.2) is 132 Å². The molecule has 6 aromatic carbocycles. The summed E-state index contributed by atoms with van der Waals surface area (Å²) < 4.78 is 14.7. The number of rotatable bonds is 16. The van der Waals surface area contributed by atoms with Gasteiger partial charge in [-0.1, -0.05) is 163 Å². The van der Waals surface area contributed by atoms with E-state index in [9.17, 15) is 9.59 Å². The first-order valence-corrected chi connectivity index (χ1v) is 23.1. The molecule has 1 aliphatic heterocycles. The van der Waals surface area contributed by atoms with E-state index in [4.69, 9.17) is 9.47 Å². The van der Waals surface area contributed by atoms with Gasteiger partial charge in [0.05, 0.1) is 0 Å². The molecular formula is C57H54O6. The number of ketones is 4.